The number of amides is 2. The van der Waals surface area contributed by atoms with Crippen molar-refractivity contribution >= 4 is 57.7 Å². The van der Waals surface area contributed by atoms with Crippen molar-refractivity contribution < 1.29 is 19.1 Å². The quantitative estimate of drug-likeness (QED) is 0.0901. The number of thioether (sulfide) groups is 2. The maximum atomic E-state index is 13.9. The van der Waals surface area contributed by atoms with E-state index in [1.165, 1.54) is 39.8 Å². The van der Waals surface area contributed by atoms with E-state index in [1.807, 2.05) is 54.4 Å². The van der Waals surface area contributed by atoms with Crippen LogP contribution in [-0.4, -0.2) is 68.4 Å². The number of carbonyl (C=O) groups excluding carboxylic acids is 3. The molecule has 3 aromatic carbocycles. The molecule has 0 spiro atoms. The third-order valence-electron chi connectivity index (χ3n) is 9.44. The highest BCUT2D eigenvalue weighted by Crippen LogP contribution is 2.48. The minimum absolute atomic E-state index is 0.0312. The molecule has 11 heteroatoms. The molecule has 51 heavy (non-hydrogen) atoms. The van der Waals surface area contributed by atoms with Crippen molar-refractivity contribution in [3.8, 4) is 0 Å². The summed E-state index contributed by atoms with van der Waals surface area (Å²) in [4.78, 5) is 51.9. The molecular weight excluding hydrogens is 697 g/mol. The average molecular weight is 737 g/mol. The molecule has 0 aliphatic carbocycles. The van der Waals surface area contributed by atoms with Crippen LogP contribution in [0.25, 0.3) is 0 Å². The second kappa shape index (κ2) is 15.6. The topological polar surface area (TPSA) is 101 Å². The lowest BCUT2D eigenvalue weighted by molar-refractivity contribution is -0.157. The van der Waals surface area contributed by atoms with Gasteiger partial charge >= 0.3 is 5.97 Å². The van der Waals surface area contributed by atoms with Crippen LogP contribution in [0.3, 0.4) is 0 Å². The van der Waals surface area contributed by atoms with Gasteiger partial charge in [-0.1, -0.05) is 97.1 Å². The number of nitrogens with one attached hydrogen (secondary N) is 1. The zero-order chi connectivity index (χ0) is 35.3. The molecule has 4 bridgehead atoms. The normalized spacial score (nSPS) is 22.8. The number of rotatable bonds is 8. The predicted molar refractivity (Wildman–Crippen MR) is 206 cm³/mol. The van der Waals surface area contributed by atoms with E-state index in [0.29, 0.717) is 42.3 Å². The van der Waals surface area contributed by atoms with E-state index < -0.39 is 28.4 Å². The summed E-state index contributed by atoms with van der Waals surface area (Å²) in [6.45, 7) is 2.56. The molecule has 262 valence electrons. The van der Waals surface area contributed by atoms with Gasteiger partial charge in [-0.2, -0.15) is 0 Å². The van der Waals surface area contributed by atoms with Crippen LogP contribution in [0, 0.1) is 0 Å². The molecule has 1 fully saturated rings. The van der Waals surface area contributed by atoms with Crippen LogP contribution in [-0.2, 0) is 30.4 Å². The Labute approximate surface area is 311 Å². The van der Waals surface area contributed by atoms with Gasteiger partial charge in [0.2, 0.25) is 5.91 Å². The zero-order valence-corrected chi connectivity index (χ0v) is 30.9. The highest BCUT2D eigenvalue weighted by atomic mass is 32.2. The van der Waals surface area contributed by atoms with Crippen molar-refractivity contribution in [2.24, 2.45) is 4.99 Å². The van der Waals surface area contributed by atoms with E-state index >= 15 is 0 Å². The lowest BCUT2D eigenvalue weighted by atomic mass is 9.84. The fourth-order valence-corrected chi connectivity index (χ4v) is 10.3. The number of aliphatic imine (C=N–C) groups is 1. The van der Waals surface area contributed by atoms with E-state index in [-0.39, 0.29) is 24.8 Å². The molecule has 2 amide bonds. The second-order valence-electron chi connectivity index (χ2n) is 13.1. The van der Waals surface area contributed by atoms with Gasteiger partial charge in [-0.05, 0) is 54.7 Å². The fourth-order valence-electron chi connectivity index (χ4n) is 6.90. The summed E-state index contributed by atoms with van der Waals surface area (Å²) in [6.07, 6.45) is 4.90. The highest BCUT2D eigenvalue weighted by Gasteiger charge is 2.47. The third kappa shape index (κ3) is 7.56. The van der Waals surface area contributed by atoms with Crippen LogP contribution < -0.4 is 5.32 Å². The van der Waals surface area contributed by atoms with Gasteiger partial charge in [0.05, 0.1) is 17.7 Å². The number of fused-ring (bicyclic) bond motifs is 5. The smallest absolute Gasteiger partial charge is 0.329 e. The Morgan fingerprint density at radius 2 is 1.63 bits per heavy atom. The van der Waals surface area contributed by atoms with Crippen molar-refractivity contribution in [1.29, 1.82) is 0 Å². The summed E-state index contributed by atoms with van der Waals surface area (Å²) in [6, 6.07) is 31.0. The minimum atomic E-state index is -0.983. The first-order valence-electron chi connectivity index (χ1n) is 17.3. The molecule has 7 rings (SSSR count). The number of benzene rings is 3. The van der Waals surface area contributed by atoms with Gasteiger partial charge < -0.3 is 15.0 Å². The Bertz CT molecular complexity index is 1820. The zero-order valence-electron chi connectivity index (χ0n) is 28.4. The fraction of sp³-hybridized carbons (Fsp3) is 0.325. The number of hydrogen-bond donors (Lipinski definition) is 1. The van der Waals surface area contributed by atoms with Gasteiger partial charge in [-0.3, -0.25) is 14.6 Å². The number of cyclic esters (lactones) is 1. The van der Waals surface area contributed by atoms with Gasteiger partial charge in [-0.15, -0.1) is 34.9 Å². The highest BCUT2D eigenvalue weighted by molar-refractivity contribution is 8.14. The van der Waals surface area contributed by atoms with Crippen molar-refractivity contribution in [1.82, 2.24) is 15.2 Å². The molecule has 3 aliphatic rings. The molecule has 4 heterocycles. The van der Waals surface area contributed by atoms with Crippen LogP contribution in [0.5, 0.6) is 0 Å². The van der Waals surface area contributed by atoms with E-state index in [2.05, 4.69) is 83.1 Å². The van der Waals surface area contributed by atoms with Crippen molar-refractivity contribution in [3.05, 3.63) is 136 Å². The summed E-state index contributed by atoms with van der Waals surface area (Å²) in [7, 11) is 0. The van der Waals surface area contributed by atoms with Crippen molar-refractivity contribution in [2.45, 2.75) is 61.6 Å². The van der Waals surface area contributed by atoms with Crippen LogP contribution >= 0.6 is 34.9 Å². The maximum absolute atomic E-state index is 13.9. The van der Waals surface area contributed by atoms with Crippen molar-refractivity contribution in [3.63, 3.8) is 0 Å². The minimum Gasteiger partial charge on any atom is -0.456 e. The Balaban J connectivity index is 1.11. The lowest BCUT2D eigenvalue weighted by Crippen LogP contribution is -2.51. The molecule has 0 saturated carbocycles. The molecule has 0 radical (unpaired) electrons. The molecule has 2 unspecified atom stereocenters. The van der Waals surface area contributed by atoms with Crippen LogP contribution in [0.2, 0.25) is 0 Å². The molecule has 3 atom stereocenters. The Hall–Kier alpha value is -4.19. The SMILES string of the molecule is C[C@@]12CSC(=N1)c1csc(n1)CNC(=O)CC(/C=C/CCSC(c1ccccc1)(c1ccccc1)c1ccccc1)OC(=O)C1CCCN1C2=O. The van der Waals surface area contributed by atoms with Gasteiger partial charge in [-0.25, -0.2) is 9.78 Å². The van der Waals surface area contributed by atoms with Gasteiger partial charge in [0.15, 0.2) is 0 Å². The second-order valence-corrected chi connectivity index (χ2v) is 16.3. The summed E-state index contributed by atoms with van der Waals surface area (Å²) in [5, 5.41) is 6.32. The molecule has 1 aromatic heterocycles. The summed E-state index contributed by atoms with van der Waals surface area (Å²) in [5.41, 5.74) is 3.30. The Kier molecular flexibility index (Phi) is 10.8. The number of aromatic nitrogens is 1. The predicted octanol–water partition coefficient (Wildman–Crippen LogP) is 6.99. The van der Waals surface area contributed by atoms with E-state index in [0.717, 1.165) is 10.8 Å². The number of hydrogen-bond acceptors (Lipinski definition) is 9. The van der Waals surface area contributed by atoms with Gasteiger partial charge in [0.25, 0.3) is 5.91 Å². The Morgan fingerprint density at radius 1 is 0.980 bits per heavy atom. The van der Waals surface area contributed by atoms with E-state index in [9.17, 15) is 14.4 Å². The summed E-state index contributed by atoms with van der Waals surface area (Å²) >= 11 is 4.79. The van der Waals surface area contributed by atoms with Crippen LogP contribution in [0.1, 0.15) is 60.0 Å². The van der Waals surface area contributed by atoms with Crippen LogP contribution in [0.4, 0.5) is 0 Å². The molecule has 3 aliphatic heterocycles. The largest absolute Gasteiger partial charge is 0.456 e. The molecule has 1 saturated heterocycles. The number of allylic oxidation sites excluding steroid dienone is 1. The first-order valence-corrected chi connectivity index (χ1v) is 20.1. The number of esters is 1. The van der Waals surface area contributed by atoms with E-state index in [4.69, 9.17) is 9.73 Å². The Morgan fingerprint density at radius 3 is 2.27 bits per heavy atom. The monoisotopic (exact) mass is 736 g/mol. The number of nitrogens with zero attached hydrogens (tertiary/aromatic N) is 3. The standard InChI is InChI=1S/C40H40N4O4S3/c1-39-27-50-36(43-39)32-26-49-35(42-32)25-41-34(45)24-31(48-37(46)33-21-13-22-44(33)38(39)47)20-11-12-23-51-40(28-14-5-2-6-15-28,29-16-7-3-8-17-29)30-18-9-4-10-19-30/h2-11,14-20,26,31,33H,12-13,21-25,27H2,1H3,(H,41,45)/b20-11+/t31?,33?,39-/m0/s1. The molecular formula is C40H40N4O4S3. The van der Waals surface area contributed by atoms with Crippen molar-refractivity contribution in [2.75, 3.05) is 18.1 Å². The third-order valence-corrected chi connectivity index (χ3v) is 13.2. The number of carbonyl (C=O) groups is 3. The first-order chi connectivity index (χ1) is 24.9. The average Bonchev–Trinajstić information content (AvgIpc) is 3.94. The lowest BCUT2D eigenvalue weighted by Gasteiger charge is -2.35. The van der Waals surface area contributed by atoms with Crippen LogP contribution in [0.15, 0.2) is 114 Å². The molecule has 8 nitrogen and oxygen atoms in total. The molecule has 1 N–H and O–H groups in total. The first kappa shape index (κ1) is 35.2. The maximum Gasteiger partial charge on any atom is 0.329 e. The van der Waals surface area contributed by atoms with Gasteiger partial charge in [0, 0.05) is 17.7 Å². The van der Waals surface area contributed by atoms with E-state index in [1.54, 1.807) is 4.90 Å². The number of thiazole rings is 1. The molecule has 4 aromatic rings. The summed E-state index contributed by atoms with van der Waals surface area (Å²) in [5.74, 6) is 0.339. The summed E-state index contributed by atoms with van der Waals surface area (Å²) < 4.78 is 5.59. The number of ether oxygens (including phenoxy) is 1. The van der Waals surface area contributed by atoms with Gasteiger partial charge in [0.1, 0.15) is 33.4 Å².